The van der Waals surface area contributed by atoms with Gasteiger partial charge in [-0.3, -0.25) is 4.72 Å². The Morgan fingerprint density at radius 2 is 1.69 bits per heavy atom. The third kappa shape index (κ3) is 4.22. The number of sulfonamides is 1. The Hall–Kier alpha value is -1.57. The van der Waals surface area contributed by atoms with Crippen LogP contribution in [0.4, 0.5) is 11.4 Å². The Bertz CT molecular complexity index is 907. The quantitative estimate of drug-likeness (QED) is 0.793. The topological polar surface area (TPSA) is 52.7 Å². The van der Waals surface area contributed by atoms with Crippen LogP contribution in [0.1, 0.15) is 11.1 Å². The molecule has 0 unspecified atom stereocenters. The molecule has 2 aromatic rings. The van der Waals surface area contributed by atoms with Gasteiger partial charge < -0.3 is 9.80 Å². The van der Waals surface area contributed by atoms with Crippen molar-refractivity contribution in [2.45, 2.75) is 18.7 Å². The van der Waals surface area contributed by atoms with Crippen LogP contribution in [0, 0.1) is 13.8 Å². The van der Waals surface area contributed by atoms with Crippen LogP contribution in [0.2, 0.25) is 0 Å². The van der Waals surface area contributed by atoms with E-state index in [0.29, 0.717) is 10.6 Å². The highest BCUT2D eigenvalue weighted by Crippen LogP contribution is 2.32. The van der Waals surface area contributed by atoms with Crippen molar-refractivity contribution in [1.29, 1.82) is 0 Å². The predicted molar refractivity (Wildman–Crippen MR) is 111 cm³/mol. The number of rotatable bonds is 4. The molecule has 3 rings (SSSR count). The molecule has 0 radical (unpaired) electrons. The lowest BCUT2D eigenvalue weighted by Crippen LogP contribution is -2.44. The maximum Gasteiger partial charge on any atom is 0.262 e. The summed E-state index contributed by atoms with van der Waals surface area (Å²) in [5.41, 5.74) is 3.17. The van der Waals surface area contributed by atoms with Crippen molar-refractivity contribution in [3.05, 3.63) is 52.0 Å². The summed E-state index contributed by atoms with van der Waals surface area (Å²) in [7, 11) is -1.56. The van der Waals surface area contributed by atoms with Gasteiger partial charge in [0, 0.05) is 30.7 Å². The summed E-state index contributed by atoms with van der Waals surface area (Å²) in [6.07, 6.45) is 0. The largest absolute Gasteiger partial charge is 0.367 e. The molecule has 0 spiro atoms. The van der Waals surface area contributed by atoms with Crippen molar-refractivity contribution in [1.82, 2.24) is 4.90 Å². The molecule has 0 aliphatic carbocycles. The van der Waals surface area contributed by atoms with E-state index in [1.807, 2.05) is 44.2 Å². The fourth-order valence-corrected chi connectivity index (χ4v) is 4.87. The van der Waals surface area contributed by atoms with Crippen molar-refractivity contribution in [2.24, 2.45) is 0 Å². The fraction of sp³-hybridized carbons (Fsp3) is 0.368. The van der Waals surface area contributed by atoms with Gasteiger partial charge in [-0.05, 0) is 56.3 Å². The molecular formula is C19H24BrN3O2S. The first-order valence-corrected chi connectivity index (χ1v) is 10.9. The average Bonchev–Trinajstić information content (AvgIpc) is 2.58. The van der Waals surface area contributed by atoms with Crippen molar-refractivity contribution >= 4 is 37.3 Å². The van der Waals surface area contributed by atoms with E-state index < -0.39 is 10.0 Å². The molecule has 0 amide bonds. The summed E-state index contributed by atoms with van der Waals surface area (Å²) in [4.78, 5) is 4.82. The molecule has 1 aliphatic rings. The van der Waals surface area contributed by atoms with E-state index in [-0.39, 0.29) is 0 Å². The molecule has 5 nitrogen and oxygen atoms in total. The fourth-order valence-electron chi connectivity index (χ4n) is 3.11. The van der Waals surface area contributed by atoms with Crippen LogP contribution >= 0.6 is 15.9 Å². The van der Waals surface area contributed by atoms with Gasteiger partial charge >= 0.3 is 0 Å². The Kier molecular flexibility index (Phi) is 5.60. The second kappa shape index (κ2) is 7.58. The van der Waals surface area contributed by atoms with Crippen molar-refractivity contribution < 1.29 is 8.42 Å². The first-order chi connectivity index (χ1) is 12.3. The molecule has 2 aromatic carbocycles. The molecule has 0 bridgehead atoms. The van der Waals surface area contributed by atoms with E-state index >= 15 is 0 Å². The number of hydrogen-bond acceptors (Lipinski definition) is 4. The van der Waals surface area contributed by atoms with Gasteiger partial charge in [-0.2, -0.15) is 0 Å². The summed E-state index contributed by atoms with van der Waals surface area (Å²) in [5, 5.41) is 0. The van der Waals surface area contributed by atoms with Gasteiger partial charge in [0.05, 0.1) is 16.3 Å². The monoisotopic (exact) mass is 437 g/mol. The van der Waals surface area contributed by atoms with E-state index in [4.69, 9.17) is 0 Å². The predicted octanol–water partition coefficient (Wildman–Crippen LogP) is 3.62. The lowest BCUT2D eigenvalue weighted by molar-refractivity contribution is 0.313. The maximum atomic E-state index is 13.0. The highest BCUT2D eigenvalue weighted by Gasteiger charge is 2.22. The number of piperazine rings is 1. The highest BCUT2D eigenvalue weighted by molar-refractivity contribution is 9.10. The van der Waals surface area contributed by atoms with Crippen LogP contribution in [0.25, 0.3) is 0 Å². The SMILES string of the molecule is Cc1ccc(C)c(S(=O)(=O)Nc2cc(Br)ccc2N2CCN(C)CC2)c1. The first-order valence-electron chi connectivity index (χ1n) is 8.59. The number of likely N-dealkylation sites (N-methyl/N-ethyl adjacent to an activating group) is 1. The smallest absolute Gasteiger partial charge is 0.262 e. The van der Waals surface area contributed by atoms with Gasteiger partial charge in [0.15, 0.2) is 0 Å². The number of aryl methyl sites for hydroxylation is 2. The van der Waals surface area contributed by atoms with Crippen molar-refractivity contribution in [3.63, 3.8) is 0 Å². The summed E-state index contributed by atoms with van der Waals surface area (Å²) in [5.74, 6) is 0. The molecule has 0 atom stereocenters. The van der Waals surface area contributed by atoms with Crippen LogP contribution in [-0.4, -0.2) is 46.5 Å². The van der Waals surface area contributed by atoms with Gasteiger partial charge in [-0.25, -0.2) is 8.42 Å². The first kappa shape index (κ1) is 19.2. The molecule has 1 N–H and O–H groups in total. The van der Waals surface area contributed by atoms with Gasteiger partial charge in [0.2, 0.25) is 0 Å². The maximum absolute atomic E-state index is 13.0. The molecule has 140 valence electrons. The van der Waals surface area contributed by atoms with Gasteiger partial charge in [0.25, 0.3) is 10.0 Å². The Morgan fingerprint density at radius 3 is 2.38 bits per heavy atom. The summed E-state index contributed by atoms with van der Waals surface area (Å²) in [6.45, 7) is 7.37. The van der Waals surface area contributed by atoms with Gasteiger partial charge in [0.1, 0.15) is 0 Å². The van der Waals surface area contributed by atoms with Crippen LogP contribution in [-0.2, 0) is 10.0 Å². The molecule has 26 heavy (non-hydrogen) atoms. The molecular weight excluding hydrogens is 414 g/mol. The van der Waals surface area contributed by atoms with E-state index in [0.717, 1.165) is 47.5 Å². The molecule has 1 saturated heterocycles. The molecule has 0 saturated carbocycles. The normalized spacial score (nSPS) is 15.9. The molecule has 1 aliphatic heterocycles. The molecule has 1 heterocycles. The van der Waals surface area contributed by atoms with E-state index in [1.165, 1.54) is 0 Å². The number of nitrogens with zero attached hydrogens (tertiary/aromatic N) is 2. The summed E-state index contributed by atoms with van der Waals surface area (Å²) >= 11 is 3.46. The molecule has 7 heteroatoms. The zero-order valence-corrected chi connectivity index (χ0v) is 17.7. The van der Waals surface area contributed by atoms with Crippen molar-refractivity contribution in [3.8, 4) is 0 Å². The zero-order chi connectivity index (χ0) is 18.9. The summed E-state index contributed by atoms with van der Waals surface area (Å²) < 4.78 is 29.7. The minimum atomic E-state index is -3.66. The van der Waals surface area contributed by atoms with Crippen LogP contribution in [0.5, 0.6) is 0 Å². The molecule has 1 fully saturated rings. The lowest BCUT2D eigenvalue weighted by atomic mass is 10.2. The van der Waals surface area contributed by atoms with Crippen LogP contribution in [0.15, 0.2) is 45.8 Å². The summed E-state index contributed by atoms with van der Waals surface area (Å²) in [6, 6.07) is 11.2. The van der Waals surface area contributed by atoms with Crippen molar-refractivity contribution in [2.75, 3.05) is 42.8 Å². The number of hydrogen-bond donors (Lipinski definition) is 1. The second-order valence-electron chi connectivity index (χ2n) is 6.83. The van der Waals surface area contributed by atoms with E-state index in [9.17, 15) is 8.42 Å². The number of halogens is 1. The average molecular weight is 438 g/mol. The van der Waals surface area contributed by atoms with E-state index in [1.54, 1.807) is 6.07 Å². The Balaban J connectivity index is 1.96. The minimum Gasteiger partial charge on any atom is -0.367 e. The third-order valence-electron chi connectivity index (χ3n) is 4.68. The number of anilines is 2. The minimum absolute atomic E-state index is 0.321. The standard InChI is InChI=1S/C19H24BrN3O2S/c1-14-4-5-15(2)19(12-14)26(24,25)21-17-13-16(20)6-7-18(17)23-10-8-22(3)9-11-23/h4-7,12-13,21H,8-11H2,1-3H3. The Morgan fingerprint density at radius 1 is 1.00 bits per heavy atom. The zero-order valence-electron chi connectivity index (χ0n) is 15.3. The Labute approximate surface area is 164 Å². The van der Waals surface area contributed by atoms with E-state index in [2.05, 4.69) is 37.5 Å². The number of benzene rings is 2. The highest BCUT2D eigenvalue weighted by atomic mass is 79.9. The van der Waals surface area contributed by atoms with Gasteiger partial charge in [-0.15, -0.1) is 0 Å². The molecule has 0 aromatic heterocycles. The van der Waals surface area contributed by atoms with Crippen LogP contribution in [0.3, 0.4) is 0 Å². The van der Waals surface area contributed by atoms with Crippen LogP contribution < -0.4 is 9.62 Å². The lowest BCUT2D eigenvalue weighted by Gasteiger charge is -2.35. The third-order valence-corrected chi connectivity index (χ3v) is 6.68. The van der Waals surface area contributed by atoms with Gasteiger partial charge in [-0.1, -0.05) is 28.1 Å². The second-order valence-corrected chi connectivity index (χ2v) is 9.39. The number of nitrogens with one attached hydrogen (secondary N) is 1.